The number of rotatable bonds is 8. The van der Waals surface area contributed by atoms with Crippen LogP contribution in [0, 0.1) is 11.8 Å². The predicted molar refractivity (Wildman–Crippen MR) is 91.5 cm³/mol. The van der Waals surface area contributed by atoms with Crippen molar-refractivity contribution in [1.29, 1.82) is 0 Å². The van der Waals surface area contributed by atoms with E-state index in [1.54, 1.807) is 0 Å². The predicted octanol–water partition coefficient (Wildman–Crippen LogP) is 2.95. The van der Waals surface area contributed by atoms with Crippen LogP contribution in [0.3, 0.4) is 0 Å². The second kappa shape index (κ2) is 9.81. The van der Waals surface area contributed by atoms with Crippen molar-refractivity contribution in [2.45, 2.75) is 58.3 Å². The van der Waals surface area contributed by atoms with Gasteiger partial charge in [0.05, 0.1) is 0 Å². The van der Waals surface area contributed by atoms with Crippen LogP contribution in [0.1, 0.15) is 58.3 Å². The summed E-state index contributed by atoms with van der Waals surface area (Å²) in [6, 6.07) is 0. The Bertz CT molecular complexity index is 249. The van der Waals surface area contributed by atoms with E-state index in [1.807, 2.05) is 0 Å². The van der Waals surface area contributed by atoms with Crippen LogP contribution >= 0.6 is 0 Å². The highest BCUT2D eigenvalue weighted by Gasteiger charge is 2.23. The normalized spacial score (nSPS) is 24.3. The zero-order chi connectivity index (χ0) is 14.9. The molecule has 0 saturated carbocycles. The maximum absolute atomic E-state index is 5.77. The van der Waals surface area contributed by atoms with Crippen molar-refractivity contribution >= 4 is 0 Å². The molecule has 2 fully saturated rings. The van der Waals surface area contributed by atoms with E-state index < -0.39 is 0 Å². The first kappa shape index (κ1) is 17.2. The molecule has 2 rings (SSSR count). The van der Waals surface area contributed by atoms with E-state index in [0.29, 0.717) is 0 Å². The van der Waals surface area contributed by atoms with Crippen LogP contribution in [0.5, 0.6) is 0 Å². The molecular formula is C18H37N3. The minimum atomic E-state index is 0.832. The van der Waals surface area contributed by atoms with E-state index in [-0.39, 0.29) is 0 Å². The summed E-state index contributed by atoms with van der Waals surface area (Å²) in [7, 11) is 0. The van der Waals surface area contributed by atoms with E-state index >= 15 is 0 Å². The molecule has 0 radical (unpaired) electrons. The lowest BCUT2D eigenvalue weighted by atomic mass is 9.93. The molecule has 2 aliphatic rings. The van der Waals surface area contributed by atoms with Crippen molar-refractivity contribution in [2.24, 2.45) is 17.6 Å². The number of piperidine rings is 2. The lowest BCUT2D eigenvalue weighted by Gasteiger charge is -2.37. The van der Waals surface area contributed by atoms with Gasteiger partial charge in [-0.3, -0.25) is 0 Å². The summed E-state index contributed by atoms with van der Waals surface area (Å²) in [6.45, 7) is 11.2. The van der Waals surface area contributed by atoms with Crippen molar-refractivity contribution < 1.29 is 0 Å². The van der Waals surface area contributed by atoms with Gasteiger partial charge in [-0.25, -0.2) is 0 Å². The Labute approximate surface area is 132 Å². The van der Waals surface area contributed by atoms with E-state index in [2.05, 4.69) is 16.7 Å². The summed E-state index contributed by atoms with van der Waals surface area (Å²) in [4.78, 5) is 5.43. The first-order chi connectivity index (χ1) is 10.3. The molecule has 2 saturated heterocycles. The molecule has 0 aliphatic carbocycles. The number of nitrogens with two attached hydrogens (primary N) is 1. The second-order valence-corrected chi connectivity index (χ2v) is 7.34. The van der Waals surface area contributed by atoms with Crippen LogP contribution in [0.4, 0.5) is 0 Å². The summed E-state index contributed by atoms with van der Waals surface area (Å²) in [5.74, 6) is 1.79. The quantitative estimate of drug-likeness (QED) is 0.747. The largest absolute Gasteiger partial charge is 0.330 e. The zero-order valence-corrected chi connectivity index (χ0v) is 14.2. The molecule has 0 aromatic rings. The van der Waals surface area contributed by atoms with E-state index in [4.69, 9.17) is 5.73 Å². The molecule has 0 aromatic carbocycles. The molecule has 2 aliphatic heterocycles. The molecule has 3 heteroatoms. The molecule has 3 nitrogen and oxygen atoms in total. The van der Waals surface area contributed by atoms with Crippen LogP contribution in [0.15, 0.2) is 0 Å². The highest BCUT2D eigenvalue weighted by atomic mass is 15.2. The fraction of sp³-hybridized carbons (Fsp3) is 1.00. The second-order valence-electron chi connectivity index (χ2n) is 7.34. The van der Waals surface area contributed by atoms with Gasteiger partial charge < -0.3 is 15.5 Å². The average molecular weight is 296 g/mol. The smallest absolute Gasteiger partial charge is 0.00106 e. The van der Waals surface area contributed by atoms with Crippen molar-refractivity contribution in [1.82, 2.24) is 9.80 Å². The lowest BCUT2D eigenvalue weighted by Crippen LogP contribution is -2.42. The minimum Gasteiger partial charge on any atom is -0.330 e. The molecule has 1 atom stereocenters. The lowest BCUT2D eigenvalue weighted by molar-refractivity contribution is 0.118. The Kier molecular flexibility index (Phi) is 8.05. The summed E-state index contributed by atoms with van der Waals surface area (Å²) >= 11 is 0. The van der Waals surface area contributed by atoms with Gasteiger partial charge in [0, 0.05) is 13.1 Å². The van der Waals surface area contributed by atoms with Crippen molar-refractivity contribution in [3.05, 3.63) is 0 Å². The third kappa shape index (κ3) is 6.25. The first-order valence-electron chi connectivity index (χ1n) is 9.46. The summed E-state index contributed by atoms with van der Waals surface area (Å²) in [6.07, 6.45) is 11.0. The van der Waals surface area contributed by atoms with Crippen LogP contribution in [-0.2, 0) is 0 Å². The Balaban J connectivity index is 1.64. The third-order valence-corrected chi connectivity index (χ3v) is 5.46. The van der Waals surface area contributed by atoms with E-state index in [1.165, 1.54) is 90.6 Å². The number of likely N-dealkylation sites (tertiary alicyclic amines) is 2. The first-order valence-corrected chi connectivity index (χ1v) is 9.46. The van der Waals surface area contributed by atoms with Crippen LogP contribution in [-0.4, -0.2) is 55.6 Å². The van der Waals surface area contributed by atoms with Gasteiger partial charge in [0.15, 0.2) is 0 Å². The fourth-order valence-corrected chi connectivity index (χ4v) is 4.19. The molecule has 2 N–H and O–H groups in total. The van der Waals surface area contributed by atoms with Crippen molar-refractivity contribution in [2.75, 3.05) is 45.8 Å². The highest BCUT2D eigenvalue weighted by Crippen LogP contribution is 2.22. The number of hydrogen-bond donors (Lipinski definition) is 1. The van der Waals surface area contributed by atoms with Crippen molar-refractivity contribution in [3.63, 3.8) is 0 Å². The van der Waals surface area contributed by atoms with Crippen LogP contribution in [0.25, 0.3) is 0 Å². The van der Waals surface area contributed by atoms with Gasteiger partial charge in [0.2, 0.25) is 0 Å². The zero-order valence-electron chi connectivity index (χ0n) is 14.2. The molecule has 0 spiro atoms. The summed E-state index contributed by atoms with van der Waals surface area (Å²) in [5.41, 5.74) is 5.77. The van der Waals surface area contributed by atoms with E-state index in [9.17, 15) is 0 Å². The van der Waals surface area contributed by atoms with Gasteiger partial charge in [0.25, 0.3) is 0 Å². The maximum atomic E-state index is 5.77. The Morgan fingerprint density at radius 2 is 1.67 bits per heavy atom. The molecule has 2 heterocycles. The molecule has 0 aromatic heterocycles. The van der Waals surface area contributed by atoms with Gasteiger partial charge in [0.1, 0.15) is 0 Å². The SMILES string of the molecule is CCCC(CCN)CN1CCC(CN2CCCCC2)CC1. The van der Waals surface area contributed by atoms with Gasteiger partial charge in [-0.15, -0.1) is 0 Å². The van der Waals surface area contributed by atoms with E-state index in [0.717, 1.165) is 18.4 Å². The van der Waals surface area contributed by atoms with Gasteiger partial charge in [-0.2, -0.15) is 0 Å². The summed E-state index contributed by atoms with van der Waals surface area (Å²) in [5, 5.41) is 0. The highest BCUT2D eigenvalue weighted by molar-refractivity contribution is 4.78. The Morgan fingerprint density at radius 3 is 2.29 bits per heavy atom. The van der Waals surface area contributed by atoms with Gasteiger partial charge in [-0.05, 0) is 83.1 Å². The Morgan fingerprint density at radius 1 is 0.952 bits per heavy atom. The molecule has 1 unspecified atom stereocenters. The fourth-order valence-electron chi connectivity index (χ4n) is 4.19. The third-order valence-electron chi connectivity index (χ3n) is 5.46. The van der Waals surface area contributed by atoms with Crippen LogP contribution in [0.2, 0.25) is 0 Å². The average Bonchev–Trinajstić information content (AvgIpc) is 2.51. The molecule has 21 heavy (non-hydrogen) atoms. The number of hydrogen-bond acceptors (Lipinski definition) is 3. The molecule has 0 bridgehead atoms. The number of nitrogens with zero attached hydrogens (tertiary/aromatic N) is 2. The van der Waals surface area contributed by atoms with Gasteiger partial charge in [-0.1, -0.05) is 19.8 Å². The topological polar surface area (TPSA) is 32.5 Å². The molecule has 0 amide bonds. The molecule has 124 valence electrons. The maximum Gasteiger partial charge on any atom is 0.00106 e. The van der Waals surface area contributed by atoms with Crippen LogP contribution < -0.4 is 5.73 Å². The molecular weight excluding hydrogens is 258 g/mol. The monoisotopic (exact) mass is 295 g/mol. The Hall–Kier alpha value is -0.120. The minimum absolute atomic E-state index is 0.832. The van der Waals surface area contributed by atoms with Gasteiger partial charge >= 0.3 is 0 Å². The summed E-state index contributed by atoms with van der Waals surface area (Å²) < 4.78 is 0. The van der Waals surface area contributed by atoms with Crippen molar-refractivity contribution in [3.8, 4) is 0 Å². The standard InChI is InChI=1S/C18H37N3/c1-2-6-17(7-10-19)15-21-13-8-18(9-14-21)16-20-11-4-3-5-12-20/h17-18H,2-16,19H2,1H3.